The lowest BCUT2D eigenvalue weighted by molar-refractivity contribution is -0.171. The number of ether oxygens (including phenoxy) is 1. The van der Waals surface area contributed by atoms with Crippen molar-refractivity contribution in [1.82, 2.24) is 0 Å². The summed E-state index contributed by atoms with van der Waals surface area (Å²) in [7, 11) is 0. The highest BCUT2D eigenvalue weighted by Gasteiger charge is 2.36. The Hall–Kier alpha value is -1.07. The van der Waals surface area contributed by atoms with Crippen LogP contribution in [0, 0.1) is 5.41 Å². The van der Waals surface area contributed by atoms with E-state index in [4.69, 9.17) is 4.74 Å². The average Bonchev–Trinajstić information content (AvgIpc) is 2.29. The first kappa shape index (κ1) is 18.9. The van der Waals surface area contributed by atoms with Gasteiger partial charge in [-0.05, 0) is 33.6 Å². The van der Waals surface area contributed by atoms with Gasteiger partial charge in [-0.3, -0.25) is 9.59 Å². The van der Waals surface area contributed by atoms with E-state index in [1.165, 1.54) is 0 Å². The van der Waals surface area contributed by atoms with E-state index in [-0.39, 0.29) is 12.4 Å². The second-order valence-electron chi connectivity index (χ2n) is 5.82. The van der Waals surface area contributed by atoms with Crippen molar-refractivity contribution in [3.63, 3.8) is 0 Å². The summed E-state index contributed by atoms with van der Waals surface area (Å²) < 4.78 is 40.8. The van der Waals surface area contributed by atoms with Crippen molar-refractivity contribution in [2.75, 3.05) is 6.61 Å². The Morgan fingerprint density at radius 3 is 1.90 bits per heavy atom. The van der Waals surface area contributed by atoms with E-state index in [1.54, 1.807) is 20.8 Å². The van der Waals surface area contributed by atoms with Crippen molar-refractivity contribution < 1.29 is 27.5 Å². The van der Waals surface area contributed by atoms with E-state index in [1.807, 2.05) is 0 Å². The normalized spacial score (nSPS) is 12.3. The Balaban J connectivity index is 3.47. The van der Waals surface area contributed by atoms with Gasteiger partial charge in [0.15, 0.2) is 0 Å². The molecule has 0 saturated heterocycles. The number of hydrogen-bond acceptors (Lipinski definition) is 3. The fourth-order valence-corrected chi connectivity index (χ4v) is 1.44. The van der Waals surface area contributed by atoms with Crippen LogP contribution in [0.5, 0.6) is 0 Å². The topological polar surface area (TPSA) is 43.4 Å². The Morgan fingerprint density at radius 1 is 0.900 bits per heavy atom. The smallest absolute Gasteiger partial charge is 0.449 e. The molecule has 0 aromatic heterocycles. The zero-order valence-corrected chi connectivity index (χ0v) is 12.3. The van der Waals surface area contributed by atoms with Gasteiger partial charge in [-0.15, -0.1) is 0 Å². The number of esters is 1. The maximum Gasteiger partial charge on any atom is 0.449 e. The number of hydrogen-bond donors (Lipinski definition) is 0. The number of alkyl halides is 3. The molecule has 0 unspecified atom stereocenters. The maximum absolute atomic E-state index is 11.9. The van der Waals surface area contributed by atoms with Gasteiger partial charge in [-0.2, -0.15) is 13.2 Å². The minimum atomic E-state index is -4.71. The van der Waals surface area contributed by atoms with Crippen molar-refractivity contribution in [3.05, 3.63) is 0 Å². The molecule has 118 valence electrons. The van der Waals surface area contributed by atoms with Gasteiger partial charge in [0.25, 0.3) is 0 Å². The summed E-state index contributed by atoms with van der Waals surface area (Å²) >= 11 is 0. The van der Waals surface area contributed by atoms with Crippen molar-refractivity contribution in [2.24, 2.45) is 5.41 Å². The number of rotatable bonds is 8. The standard InChI is InChI=1S/C14H23F3O3/c1-13(2,3)12(19)20-10-8-6-4-5-7-9-11(18)14(15,16)17/h4-10H2,1-3H3. The zero-order chi connectivity index (χ0) is 15.8. The molecule has 3 nitrogen and oxygen atoms in total. The lowest BCUT2D eigenvalue weighted by Gasteiger charge is -2.16. The van der Waals surface area contributed by atoms with Gasteiger partial charge in [-0.25, -0.2) is 0 Å². The third-order valence-electron chi connectivity index (χ3n) is 2.71. The highest BCUT2D eigenvalue weighted by molar-refractivity contribution is 5.83. The van der Waals surface area contributed by atoms with Crippen LogP contribution in [-0.2, 0) is 14.3 Å². The van der Waals surface area contributed by atoms with Gasteiger partial charge in [0.1, 0.15) is 0 Å². The predicted molar refractivity (Wildman–Crippen MR) is 69.2 cm³/mol. The van der Waals surface area contributed by atoms with Crippen LogP contribution in [0.4, 0.5) is 13.2 Å². The number of unbranched alkanes of at least 4 members (excludes halogenated alkanes) is 4. The molecule has 0 spiro atoms. The lowest BCUT2D eigenvalue weighted by Crippen LogP contribution is -2.23. The number of ketones is 1. The summed E-state index contributed by atoms with van der Waals surface area (Å²) in [5.41, 5.74) is -0.516. The monoisotopic (exact) mass is 296 g/mol. The molecule has 20 heavy (non-hydrogen) atoms. The number of carbonyl (C=O) groups excluding carboxylic acids is 2. The molecule has 0 rings (SSSR count). The summed E-state index contributed by atoms with van der Waals surface area (Å²) in [5, 5.41) is 0. The molecule has 0 N–H and O–H groups in total. The minimum absolute atomic E-state index is 0.250. The SMILES string of the molecule is CC(C)(C)C(=O)OCCCCCCCC(=O)C(F)(F)F. The van der Waals surface area contributed by atoms with Crippen LogP contribution in [0.3, 0.4) is 0 Å². The summed E-state index contributed by atoms with van der Waals surface area (Å²) in [6.07, 6.45) is -2.12. The molecule has 0 aromatic carbocycles. The second-order valence-corrected chi connectivity index (χ2v) is 5.82. The number of Topliss-reactive ketones (excluding diaryl/α,β-unsaturated/α-hetero) is 1. The molecule has 0 amide bonds. The molecule has 0 aliphatic carbocycles. The molecule has 6 heteroatoms. The van der Waals surface area contributed by atoms with Crippen molar-refractivity contribution in [2.45, 2.75) is 65.5 Å². The first-order valence-electron chi connectivity index (χ1n) is 6.82. The summed E-state index contributed by atoms with van der Waals surface area (Å²) in [4.78, 5) is 22.0. The maximum atomic E-state index is 11.9. The van der Waals surface area contributed by atoms with E-state index in [2.05, 4.69) is 0 Å². The Bertz CT molecular complexity index is 285. The third kappa shape index (κ3) is 8.93. The Kier molecular flexibility index (Phi) is 7.83. The van der Waals surface area contributed by atoms with E-state index in [0.717, 1.165) is 12.8 Å². The van der Waals surface area contributed by atoms with Crippen molar-refractivity contribution in [1.29, 1.82) is 0 Å². The van der Waals surface area contributed by atoms with E-state index >= 15 is 0 Å². The number of carbonyl (C=O) groups is 2. The van der Waals surface area contributed by atoms with Crippen LogP contribution in [0.25, 0.3) is 0 Å². The number of halogens is 3. The molecular formula is C14H23F3O3. The summed E-state index contributed by atoms with van der Waals surface area (Å²) in [6, 6.07) is 0. The van der Waals surface area contributed by atoms with Gasteiger partial charge in [0.05, 0.1) is 12.0 Å². The van der Waals surface area contributed by atoms with Gasteiger partial charge in [0, 0.05) is 6.42 Å². The first-order valence-corrected chi connectivity index (χ1v) is 6.82. The van der Waals surface area contributed by atoms with Gasteiger partial charge >= 0.3 is 12.1 Å². The summed E-state index contributed by atoms with van der Waals surface area (Å²) in [6.45, 7) is 5.64. The second kappa shape index (κ2) is 8.27. The lowest BCUT2D eigenvalue weighted by atomic mass is 9.97. The average molecular weight is 296 g/mol. The van der Waals surface area contributed by atoms with E-state index < -0.39 is 23.8 Å². The molecule has 0 aliphatic heterocycles. The molecule has 0 saturated carbocycles. The van der Waals surface area contributed by atoms with Crippen LogP contribution in [0.1, 0.15) is 59.3 Å². The quantitative estimate of drug-likeness (QED) is 0.501. The van der Waals surface area contributed by atoms with Crippen LogP contribution < -0.4 is 0 Å². The summed E-state index contributed by atoms with van der Waals surface area (Å²) in [5.74, 6) is -1.91. The Labute approximate surface area is 117 Å². The molecule has 0 radical (unpaired) electrons. The largest absolute Gasteiger partial charge is 0.465 e. The van der Waals surface area contributed by atoms with Gasteiger partial charge in [-0.1, -0.05) is 19.3 Å². The van der Waals surface area contributed by atoms with Crippen LogP contribution in [0.2, 0.25) is 0 Å². The van der Waals surface area contributed by atoms with E-state index in [9.17, 15) is 22.8 Å². The highest BCUT2D eigenvalue weighted by Crippen LogP contribution is 2.20. The predicted octanol–water partition coefficient (Wildman–Crippen LogP) is 4.05. The van der Waals surface area contributed by atoms with E-state index in [0.29, 0.717) is 19.4 Å². The van der Waals surface area contributed by atoms with Crippen LogP contribution >= 0.6 is 0 Å². The minimum Gasteiger partial charge on any atom is -0.465 e. The van der Waals surface area contributed by atoms with Crippen LogP contribution in [0.15, 0.2) is 0 Å². The molecule has 0 aliphatic rings. The van der Waals surface area contributed by atoms with Crippen molar-refractivity contribution in [3.8, 4) is 0 Å². The molecular weight excluding hydrogens is 273 g/mol. The third-order valence-corrected chi connectivity index (χ3v) is 2.71. The molecule has 0 atom stereocenters. The zero-order valence-electron chi connectivity index (χ0n) is 12.3. The highest BCUT2D eigenvalue weighted by atomic mass is 19.4. The molecule has 0 heterocycles. The van der Waals surface area contributed by atoms with Crippen molar-refractivity contribution >= 4 is 11.8 Å². The Morgan fingerprint density at radius 2 is 1.40 bits per heavy atom. The molecule has 0 aromatic rings. The first-order chi connectivity index (χ1) is 9.05. The fraction of sp³-hybridized carbons (Fsp3) is 0.857. The van der Waals surface area contributed by atoms with Gasteiger partial charge in [0.2, 0.25) is 5.78 Å². The van der Waals surface area contributed by atoms with Gasteiger partial charge < -0.3 is 4.74 Å². The fourth-order valence-electron chi connectivity index (χ4n) is 1.44. The molecule has 0 fully saturated rings. The molecule has 0 bridgehead atoms. The van der Waals surface area contributed by atoms with Crippen LogP contribution in [-0.4, -0.2) is 24.5 Å².